The maximum atomic E-state index is 4.13. The van der Waals surface area contributed by atoms with Crippen LogP contribution in [0.1, 0.15) is 58.5 Å². The zero-order valence-electron chi connectivity index (χ0n) is 13.8. The van der Waals surface area contributed by atoms with Crippen LogP contribution in [0, 0.1) is 5.41 Å². The van der Waals surface area contributed by atoms with Gasteiger partial charge in [-0.05, 0) is 23.5 Å². The van der Waals surface area contributed by atoms with E-state index in [2.05, 4.69) is 69.7 Å². The predicted octanol–water partition coefficient (Wildman–Crippen LogP) is 4.44. The molecule has 0 unspecified atom stereocenters. The van der Waals surface area contributed by atoms with Crippen molar-refractivity contribution >= 4 is 17.6 Å². The third-order valence-corrected chi connectivity index (χ3v) is 4.51. The Labute approximate surface area is 127 Å². The van der Waals surface area contributed by atoms with E-state index in [-0.39, 0.29) is 5.41 Å². The number of hydrogen-bond acceptors (Lipinski definition) is 4. The van der Waals surface area contributed by atoms with Crippen LogP contribution in [0.2, 0.25) is 0 Å². The van der Waals surface area contributed by atoms with E-state index in [1.54, 1.807) is 11.3 Å². The lowest BCUT2D eigenvalue weighted by molar-refractivity contribution is 0.499. The van der Waals surface area contributed by atoms with Gasteiger partial charge in [0.05, 0.1) is 6.54 Å². The van der Waals surface area contributed by atoms with Gasteiger partial charge in [0.2, 0.25) is 0 Å². The number of allylic oxidation sites excluding steroid dienone is 1. The van der Waals surface area contributed by atoms with Crippen LogP contribution < -0.4 is 0 Å². The quantitative estimate of drug-likeness (QED) is 0.767. The molecular formula is C16H27N3S. The van der Waals surface area contributed by atoms with E-state index in [0.29, 0.717) is 5.41 Å². The molecule has 0 atom stereocenters. The van der Waals surface area contributed by atoms with E-state index < -0.39 is 0 Å². The lowest BCUT2D eigenvalue weighted by atomic mass is 9.87. The number of aliphatic imine (C=N–C) groups is 1. The Hall–Kier alpha value is -1.03. The second-order valence-corrected chi connectivity index (χ2v) is 8.10. The zero-order valence-corrected chi connectivity index (χ0v) is 14.6. The van der Waals surface area contributed by atoms with E-state index in [9.17, 15) is 0 Å². The molecule has 1 aliphatic heterocycles. The van der Waals surface area contributed by atoms with Crippen LogP contribution in [0.3, 0.4) is 0 Å². The Balaban J connectivity index is 0.000000204. The smallest absolute Gasteiger partial charge is 0.122 e. The van der Waals surface area contributed by atoms with Crippen LogP contribution in [0.15, 0.2) is 16.6 Å². The summed E-state index contributed by atoms with van der Waals surface area (Å²) in [6.07, 6.45) is 4.99. The summed E-state index contributed by atoms with van der Waals surface area (Å²) in [6, 6.07) is 0. The molecule has 20 heavy (non-hydrogen) atoms. The van der Waals surface area contributed by atoms with Gasteiger partial charge in [-0.2, -0.15) is 0 Å². The Kier molecular flexibility index (Phi) is 5.63. The summed E-state index contributed by atoms with van der Waals surface area (Å²) in [7, 11) is 0. The molecule has 0 N–H and O–H groups in total. The molecule has 112 valence electrons. The molecule has 0 spiro atoms. The third-order valence-electron chi connectivity index (χ3n) is 3.02. The molecular weight excluding hydrogens is 266 g/mol. The molecule has 1 aromatic rings. The molecule has 1 aromatic heterocycles. The number of nitrogens with zero attached hydrogens (tertiary/aromatic N) is 3. The largest absolute Gasteiger partial charge is 0.289 e. The normalized spacial score (nSPS) is 14.8. The summed E-state index contributed by atoms with van der Waals surface area (Å²) in [5.74, 6) is 0. The van der Waals surface area contributed by atoms with E-state index in [4.69, 9.17) is 0 Å². The highest BCUT2D eigenvalue weighted by molar-refractivity contribution is 7.11. The van der Waals surface area contributed by atoms with Gasteiger partial charge < -0.3 is 0 Å². The summed E-state index contributed by atoms with van der Waals surface area (Å²) in [6.45, 7) is 16.1. The van der Waals surface area contributed by atoms with Crippen molar-refractivity contribution in [1.82, 2.24) is 10.2 Å². The van der Waals surface area contributed by atoms with Crippen molar-refractivity contribution in [3.05, 3.63) is 21.7 Å². The molecule has 0 bridgehead atoms. The molecule has 0 saturated heterocycles. The fraction of sp³-hybridized carbons (Fsp3) is 0.688. The van der Waals surface area contributed by atoms with Crippen LogP contribution in [-0.4, -0.2) is 23.0 Å². The van der Waals surface area contributed by atoms with Gasteiger partial charge in [-0.1, -0.05) is 48.5 Å². The molecule has 0 radical (unpaired) electrons. The van der Waals surface area contributed by atoms with E-state index in [1.165, 1.54) is 5.57 Å². The van der Waals surface area contributed by atoms with Gasteiger partial charge in [-0.15, -0.1) is 21.5 Å². The summed E-state index contributed by atoms with van der Waals surface area (Å²) in [5, 5.41) is 10.5. The Morgan fingerprint density at radius 3 is 1.95 bits per heavy atom. The highest BCUT2D eigenvalue weighted by Crippen LogP contribution is 2.26. The maximum Gasteiger partial charge on any atom is 0.122 e. The van der Waals surface area contributed by atoms with Gasteiger partial charge in [0, 0.05) is 11.6 Å². The molecule has 2 heterocycles. The van der Waals surface area contributed by atoms with E-state index >= 15 is 0 Å². The lowest BCUT2D eigenvalue weighted by Crippen LogP contribution is -2.10. The van der Waals surface area contributed by atoms with E-state index in [0.717, 1.165) is 23.0 Å². The minimum Gasteiger partial charge on any atom is -0.289 e. The Morgan fingerprint density at radius 1 is 1.05 bits per heavy atom. The standard InChI is InChI=1S/C8H14N2S.C8H13N/c1-5-6-9-10-7(11-6)8(2,3)4;1-8(2,3)7-4-5-9-6-7/h5H2,1-4H3;4-5H,6H2,1-3H3. The number of aryl methyl sites for hydroxylation is 1. The van der Waals surface area contributed by atoms with Crippen LogP contribution in [-0.2, 0) is 11.8 Å². The molecule has 2 rings (SSSR count). The van der Waals surface area contributed by atoms with Crippen LogP contribution in [0.4, 0.5) is 0 Å². The fourth-order valence-corrected chi connectivity index (χ4v) is 2.37. The first kappa shape index (κ1) is 17.0. The minimum absolute atomic E-state index is 0.158. The first-order valence-corrected chi connectivity index (χ1v) is 7.98. The molecule has 3 nitrogen and oxygen atoms in total. The third kappa shape index (κ3) is 5.16. The molecule has 1 aliphatic rings. The highest BCUT2D eigenvalue weighted by Gasteiger charge is 2.18. The average Bonchev–Trinajstić information content (AvgIpc) is 3.00. The Bertz CT molecular complexity index is 485. The number of rotatable bonds is 1. The number of aromatic nitrogens is 2. The van der Waals surface area contributed by atoms with Gasteiger partial charge in [0.1, 0.15) is 10.0 Å². The van der Waals surface area contributed by atoms with Crippen LogP contribution in [0.25, 0.3) is 0 Å². The topological polar surface area (TPSA) is 38.1 Å². The van der Waals surface area contributed by atoms with Crippen molar-refractivity contribution in [2.24, 2.45) is 10.4 Å². The van der Waals surface area contributed by atoms with Gasteiger partial charge in [-0.25, -0.2) is 0 Å². The predicted molar refractivity (Wildman–Crippen MR) is 88.9 cm³/mol. The molecule has 0 aromatic carbocycles. The van der Waals surface area contributed by atoms with Gasteiger partial charge in [-0.3, -0.25) is 4.99 Å². The van der Waals surface area contributed by atoms with Crippen molar-refractivity contribution in [1.29, 1.82) is 0 Å². The first-order chi connectivity index (χ1) is 9.14. The fourth-order valence-electron chi connectivity index (χ4n) is 1.53. The molecule has 0 amide bonds. The van der Waals surface area contributed by atoms with Crippen molar-refractivity contribution in [3.63, 3.8) is 0 Å². The highest BCUT2D eigenvalue weighted by atomic mass is 32.1. The molecule has 0 aliphatic carbocycles. The maximum absolute atomic E-state index is 4.13. The first-order valence-electron chi connectivity index (χ1n) is 7.17. The van der Waals surface area contributed by atoms with Crippen molar-refractivity contribution < 1.29 is 0 Å². The minimum atomic E-state index is 0.158. The SMILES string of the molecule is CC(C)(C)C1=CC=NC1.CCc1nnc(C(C)(C)C)s1. The van der Waals surface area contributed by atoms with Crippen LogP contribution in [0.5, 0.6) is 0 Å². The second-order valence-electron chi connectivity index (χ2n) is 7.04. The molecule has 0 fully saturated rings. The number of hydrogen-bond donors (Lipinski definition) is 0. The second kappa shape index (κ2) is 6.61. The van der Waals surface area contributed by atoms with E-state index in [1.807, 2.05) is 6.21 Å². The molecule has 4 heteroatoms. The summed E-state index contributed by atoms with van der Waals surface area (Å²) >= 11 is 1.72. The van der Waals surface area contributed by atoms with Crippen LogP contribution >= 0.6 is 11.3 Å². The van der Waals surface area contributed by atoms with Gasteiger partial charge >= 0.3 is 0 Å². The summed E-state index contributed by atoms with van der Waals surface area (Å²) in [4.78, 5) is 4.11. The average molecular weight is 293 g/mol. The van der Waals surface area contributed by atoms with Crippen molar-refractivity contribution in [2.75, 3.05) is 6.54 Å². The Morgan fingerprint density at radius 2 is 1.70 bits per heavy atom. The zero-order chi connectivity index (χ0) is 15.4. The van der Waals surface area contributed by atoms with Gasteiger partial charge in [0.25, 0.3) is 0 Å². The van der Waals surface area contributed by atoms with Crippen molar-refractivity contribution in [2.45, 2.75) is 60.3 Å². The lowest BCUT2D eigenvalue weighted by Gasteiger charge is -2.18. The summed E-state index contributed by atoms with van der Waals surface area (Å²) in [5.41, 5.74) is 1.91. The molecule has 0 saturated carbocycles. The monoisotopic (exact) mass is 293 g/mol. The summed E-state index contributed by atoms with van der Waals surface area (Å²) < 4.78 is 0. The van der Waals surface area contributed by atoms with Crippen molar-refractivity contribution in [3.8, 4) is 0 Å². The van der Waals surface area contributed by atoms with Gasteiger partial charge in [0.15, 0.2) is 0 Å².